The number of imidazole rings is 1. The van der Waals surface area contributed by atoms with E-state index in [9.17, 15) is 15.1 Å². The Morgan fingerprint density at radius 2 is 2.08 bits per heavy atom. The zero-order chi connectivity index (χ0) is 17.8. The van der Waals surface area contributed by atoms with Crippen molar-refractivity contribution in [1.29, 1.82) is 0 Å². The summed E-state index contributed by atoms with van der Waals surface area (Å²) in [7, 11) is 3.16. The molecule has 0 saturated heterocycles. The van der Waals surface area contributed by atoms with E-state index in [-0.39, 0.29) is 11.2 Å². The molecule has 0 aliphatic carbocycles. The Balaban J connectivity index is 1.96. The van der Waals surface area contributed by atoms with Gasteiger partial charge < -0.3 is 20.3 Å². The van der Waals surface area contributed by atoms with Crippen molar-refractivity contribution in [2.24, 2.45) is 0 Å². The van der Waals surface area contributed by atoms with Gasteiger partial charge in [-0.05, 0) is 30.3 Å². The van der Waals surface area contributed by atoms with Crippen LogP contribution >= 0.6 is 0 Å². The second kappa shape index (κ2) is 5.30. The Morgan fingerprint density at radius 3 is 2.84 bits per heavy atom. The van der Waals surface area contributed by atoms with E-state index in [2.05, 4.69) is 10.3 Å². The van der Waals surface area contributed by atoms with E-state index in [1.807, 2.05) is 16.5 Å². The first-order chi connectivity index (χ1) is 11.8. The number of anilines is 1. The van der Waals surface area contributed by atoms with Crippen LogP contribution in [0.25, 0.3) is 27.3 Å². The molecule has 0 bridgehead atoms. The van der Waals surface area contributed by atoms with Crippen LogP contribution in [-0.4, -0.2) is 46.3 Å². The number of likely N-dealkylation sites (N-methyl/N-ethyl adjacent to an activating group) is 1. The number of hydrogen-bond donors (Lipinski definition) is 2. The van der Waals surface area contributed by atoms with Gasteiger partial charge in [-0.15, -0.1) is 0 Å². The zero-order valence-electron chi connectivity index (χ0n) is 14.0. The van der Waals surface area contributed by atoms with Gasteiger partial charge in [-0.3, -0.25) is 9.20 Å². The van der Waals surface area contributed by atoms with Crippen molar-refractivity contribution in [2.75, 3.05) is 32.5 Å². The minimum atomic E-state index is -0.410. The number of phenols is 1. The summed E-state index contributed by atoms with van der Waals surface area (Å²) in [6.07, 6.45) is 1.68. The fourth-order valence-electron chi connectivity index (χ4n) is 3.18. The van der Waals surface area contributed by atoms with Crippen LogP contribution in [0.4, 0.5) is 5.69 Å². The largest absolute Gasteiger partial charge is 0.633 e. The molecule has 4 aromatic rings. The number of nitrogens with zero attached hydrogens (tertiary/aromatic N) is 3. The lowest BCUT2D eigenvalue weighted by atomic mass is 10.1. The number of phenolic OH excluding ortho intramolecular Hbond substituents is 1. The molecule has 0 amide bonds. The Labute approximate surface area is 143 Å². The molecule has 2 N–H and O–H groups in total. The summed E-state index contributed by atoms with van der Waals surface area (Å²) in [5.74, 6) is 0.0442. The molecule has 0 fully saturated rings. The van der Waals surface area contributed by atoms with Gasteiger partial charge >= 0.3 is 0 Å². The van der Waals surface area contributed by atoms with Crippen LogP contribution in [0.1, 0.15) is 0 Å². The standard InChI is InChI=1S/C18H18N4O3/c1-22(2,25)8-7-19-13-4-5-14-17-16(13)18(24)12-9-11(23)3-6-15(12)21(17)10-20-14/h3-6,9-10,19,23H,7-8H2,1-2H3. The minimum absolute atomic E-state index is 0.0442. The van der Waals surface area contributed by atoms with E-state index >= 15 is 0 Å². The van der Waals surface area contributed by atoms with Crippen LogP contribution in [-0.2, 0) is 0 Å². The van der Waals surface area contributed by atoms with Gasteiger partial charge in [0.05, 0.1) is 54.5 Å². The first kappa shape index (κ1) is 15.6. The van der Waals surface area contributed by atoms with E-state index < -0.39 is 4.65 Å². The van der Waals surface area contributed by atoms with Gasteiger partial charge in [0.1, 0.15) is 12.1 Å². The van der Waals surface area contributed by atoms with Crippen LogP contribution in [0.2, 0.25) is 0 Å². The summed E-state index contributed by atoms with van der Waals surface area (Å²) < 4.78 is 1.45. The normalized spacial score (nSPS) is 12.4. The molecule has 2 heterocycles. The highest BCUT2D eigenvalue weighted by Crippen LogP contribution is 2.29. The van der Waals surface area contributed by atoms with E-state index in [1.54, 1.807) is 32.6 Å². The minimum Gasteiger partial charge on any atom is -0.633 e. The van der Waals surface area contributed by atoms with Gasteiger partial charge in [0.2, 0.25) is 0 Å². The maximum atomic E-state index is 13.1. The first-order valence-electron chi connectivity index (χ1n) is 8.01. The van der Waals surface area contributed by atoms with Crippen molar-refractivity contribution in [2.45, 2.75) is 0 Å². The summed E-state index contributed by atoms with van der Waals surface area (Å²) in [6.45, 7) is 0.825. The van der Waals surface area contributed by atoms with Gasteiger partial charge in [-0.2, -0.15) is 0 Å². The van der Waals surface area contributed by atoms with Crippen molar-refractivity contribution < 1.29 is 9.75 Å². The second-order valence-electron chi connectivity index (χ2n) is 6.73. The Hall–Kier alpha value is -2.90. The Kier molecular flexibility index (Phi) is 3.31. The molecule has 0 aliphatic rings. The lowest BCUT2D eigenvalue weighted by Crippen LogP contribution is -2.36. The highest BCUT2D eigenvalue weighted by Gasteiger charge is 2.17. The molecule has 0 unspecified atom stereocenters. The van der Waals surface area contributed by atoms with Gasteiger partial charge in [-0.1, -0.05) is 0 Å². The molecular weight excluding hydrogens is 320 g/mol. The quantitative estimate of drug-likeness (QED) is 0.338. The predicted molar refractivity (Wildman–Crippen MR) is 98.2 cm³/mol. The molecule has 0 saturated carbocycles. The molecule has 2 aromatic heterocycles. The molecule has 0 spiro atoms. The Morgan fingerprint density at radius 1 is 1.28 bits per heavy atom. The number of hydrogen-bond acceptors (Lipinski definition) is 5. The average Bonchev–Trinajstić information content (AvgIpc) is 2.96. The lowest BCUT2D eigenvalue weighted by molar-refractivity contribution is -0.838. The maximum Gasteiger partial charge on any atom is 0.199 e. The molecule has 0 aliphatic heterocycles. The number of rotatable bonds is 4. The molecule has 7 nitrogen and oxygen atoms in total. The summed E-state index contributed by atoms with van der Waals surface area (Å²) in [6, 6.07) is 8.41. The van der Waals surface area contributed by atoms with E-state index in [0.717, 1.165) is 11.0 Å². The van der Waals surface area contributed by atoms with E-state index in [0.29, 0.717) is 35.1 Å². The molecule has 7 heteroatoms. The summed E-state index contributed by atoms with van der Waals surface area (Å²) in [4.78, 5) is 17.4. The summed E-state index contributed by atoms with van der Waals surface area (Å²) in [5, 5.41) is 25.7. The number of benzene rings is 2. The third-order valence-corrected chi connectivity index (χ3v) is 4.39. The van der Waals surface area contributed by atoms with Gasteiger partial charge in [0, 0.05) is 5.69 Å². The first-order valence-corrected chi connectivity index (χ1v) is 8.01. The lowest BCUT2D eigenvalue weighted by Gasteiger charge is -2.33. The van der Waals surface area contributed by atoms with Crippen molar-refractivity contribution in [1.82, 2.24) is 9.38 Å². The van der Waals surface area contributed by atoms with Gasteiger partial charge in [0.15, 0.2) is 5.43 Å². The molecule has 128 valence electrons. The number of pyridine rings is 1. The fraction of sp³-hybridized carbons (Fsp3) is 0.222. The van der Waals surface area contributed by atoms with Crippen LogP contribution < -0.4 is 10.7 Å². The summed E-state index contributed by atoms with van der Waals surface area (Å²) in [5.41, 5.74) is 2.67. The topological polar surface area (TPSA) is 89.7 Å². The number of hydroxylamine groups is 3. The van der Waals surface area contributed by atoms with Crippen molar-refractivity contribution in [3.63, 3.8) is 0 Å². The van der Waals surface area contributed by atoms with Crippen molar-refractivity contribution >= 4 is 33.0 Å². The average molecular weight is 338 g/mol. The number of aromatic hydroxyl groups is 1. The third-order valence-electron chi connectivity index (χ3n) is 4.39. The van der Waals surface area contributed by atoms with Crippen LogP contribution in [0.3, 0.4) is 0 Å². The second-order valence-corrected chi connectivity index (χ2v) is 6.73. The predicted octanol–water partition coefficient (Wildman–Crippen LogP) is 2.13. The highest BCUT2D eigenvalue weighted by molar-refractivity contribution is 6.07. The molecule has 0 radical (unpaired) electrons. The van der Waals surface area contributed by atoms with Crippen LogP contribution in [0.15, 0.2) is 41.5 Å². The number of fused-ring (bicyclic) bond motifs is 2. The van der Waals surface area contributed by atoms with E-state index in [1.165, 1.54) is 6.07 Å². The third kappa shape index (κ3) is 2.54. The highest BCUT2D eigenvalue weighted by atomic mass is 16.5. The number of quaternary nitrogens is 1. The molecule has 0 atom stereocenters. The smallest absolute Gasteiger partial charge is 0.199 e. The Bertz CT molecular complexity index is 1140. The molecule has 4 rings (SSSR count). The van der Waals surface area contributed by atoms with E-state index in [4.69, 9.17) is 0 Å². The number of nitrogens with one attached hydrogen (secondary N) is 1. The number of aromatic nitrogens is 2. The maximum absolute atomic E-state index is 13.1. The molecule has 25 heavy (non-hydrogen) atoms. The van der Waals surface area contributed by atoms with Gasteiger partial charge in [-0.25, -0.2) is 4.98 Å². The van der Waals surface area contributed by atoms with Crippen LogP contribution in [0, 0.1) is 5.21 Å². The fourth-order valence-corrected chi connectivity index (χ4v) is 3.18. The van der Waals surface area contributed by atoms with Crippen molar-refractivity contribution in [3.8, 4) is 5.75 Å². The molecule has 2 aromatic carbocycles. The van der Waals surface area contributed by atoms with Gasteiger partial charge in [0.25, 0.3) is 0 Å². The summed E-state index contributed by atoms with van der Waals surface area (Å²) >= 11 is 0. The van der Waals surface area contributed by atoms with Crippen LogP contribution in [0.5, 0.6) is 5.75 Å². The molecular formula is C18H18N4O3. The SMILES string of the molecule is C[N+](C)([O-])CCNc1ccc2ncn3c4ccc(O)cc4c(=O)c1c23. The monoisotopic (exact) mass is 338 g/mol. The van der Waals surface area contributed by atoms with Crippen molar-refractivity contribution in [3.05, 3.63) is 52.1 Å². The zero-order valence-corrected chi connectivity index (χ0v) is 14.0.